The molecule has 0 bridgehead atoms. The Kier molecular flexibility index (Phi) is 14.7. The predicted molar refractivity (Wildman–Crippen MR) is 263 cm³/mol. The lowest BCUT2D eigenvalue weighted by Gasteiger charge is -2.36. The zero-order chi connectivity index (χ0) is 45.7. The van der Waals surface area contributed by atoms with Crippen molar-refractivity contribution in [3.63, 3.8) is 0 Å². The molecule has 6 aromatic rings. The number of methoxy groups -OCH3 is 2. The van der Waals surface area contributed by atoms with Gasteiger partial charge in [-0.05, 0) is 84.0 Å². The monoisotopic (exact) mass is 1040 g/mol. The van der Waals surface area contributed by atoms with Gasteiger partial charge >= 0.3 is 12.2 Å². The van der Waals surface area contributed by atoms with Gasteiger partial charge in [0.15, 0.2) is 0 Å². The van der Waals surface area contributed by atoms with E-state index in [2.05, 4.69) is 45.6 Å². The zero-order valence-electron chi connectivity index (χ0n) is 38.1. The van der Waals surface area contributed by atoms with Crippen LogP contribution in [0.1, 0.15) is 80.9 Å². The second-order valence-electron chi connectivity index (χ2n) is 17.8. The van der Waals surface area contributed by atoms with Crippen LogP contribution in [-0.2, 0) is 25.7 Å². The van der Waals surface area contributed by atoms with Crippen LogP contribution in [0.4, 0.5) is 9.59 Å². The van der Waals surface area contributed by atoms with E-state index in [4.69, 9.17) is 24.2 Å². The molecule has 2 saturated heterocycles. The number of likely N-dealkylation sites (tertiary alicyclic amines) is 2. The van der Waals surface area contributed by atoms with E-state index < -0.39 is 24.3 Å². The SMILES string of the molecule is Br.Br.COC[C@H]1C[C@@H](c2ncc(-c3ccc4c(c3)COc3cc5c(ccc6[nH]c([C@@H]7CC[C@H](C)N7C(=O)[C@H](C(C)C)N(C)C(=O)O)nc65)cc3-4)[nH]2)N(C(=O)[C@H](NC(=O)OC)c2ccccc2)C1. The number of carbonyl (C=O) groups is 4. The number of hydrogen-bond acceptors (Lipinski definition) is 9. The Balaban J connectivity index is 0.00000333. The van der Waals surface area contributed by atoms with Gasteiger partial charge in [-0.15, -0.1) is 34.0 Å². The number of carbonyl (C=O) groups excluding carboxylic acids is 3. The van der Waals surface area contributed by atoms with E-state index in [-0.39, 0.29) is 75.7 Å². The summed E-state index contributed by atoms with van der Waals surface area (Å²) in [5.41, 5.74) is 7.02. The Morgan fingerprint density at radius 3 is 2.43 bits per heavy atom. The normalized spacial score (nSPS) is 19.4. The lowest BCUT2D eigenvalue weighted by Crippen LogP contribution is -2.53. The van der Waals surface area contributed by atoms with Crippen LogP contribution in [0.25, 0.3) is 44.2 Å². The molecule has 5 heterocycles. The molecule has 4 aromatic carbocycles. The quantitative estimate of drug-likeness (QED) is 0.0972. The number of aromatic amines is 2. The molecule has 6 atom stereocenters. The number of halogens is 2. The summed E-state index contributed by atoms with van der Waals surface area (Å²) < 4.78 is 16.9. The Hall–Kier alpha value is -5.98. The van der Waals surface area contributed by atoms with Crippen LogP contribution in [0.3, 0.4) is 0 Å². The lowest BCUT2D eigenvalue weighted by atomic mass is 9.92. The molecular weight excluding hydrogens is 988 g/mol. The van der Waals surface area contributed by atoms with Gasteiger partial charge in [0, 0.05) is 43.6 Å². The van der Waals surface area contributed by atoms with Crippen LogP contribution >= 0.6 is 34.0 Å². The van der Waals surface area contributed by atoms with Crippen molar-refractivity contribution >= 4 is 79.8 Å². The van der Waals surface area contributed by atoms with E-state index >= 15 is 0 Å². The summed E-state index contributed by atoms with van der Waals surface area (Å²) >= 11 is 0. The van der Waals surface area contributed by atoms with Crippen molar-refractivity contribution in [2.45, 2.75) is 76.8 Å². The fourth-order valence-electron chi connectivity index (χ4n) is 10.1. The molecule has 18 heteroatoms. The Morgan fingerprint density at radius 1 is 0.940 bits per heavy atom. The van der Waals surface area contributed by atoms with Crippen LogP contribution in [0.15, 0.2) is 79.0 Å². The largest absolute Gasteiger partial charge is 0.488 e. The third-order valence-corrected chi connectivity index (χ3v) is 13.3. The van der Waals surface area contributed by atoms with Gasteiger partial charge in [-0.25, -0.2) is 19.6 Å². The van der Waals surface area contributed by atoms with Gasteiger partial charge in [-0.3, -0.25) is 14.5 Å². The molecular formula is C49H56Br2N8O8. The van der Waals surface area contributed by atoms with E-state index in [0.29, 0.717) is 49.8 Å². The number of nitrogens with zero attached hydrogens (tertiary/aromatic N) is 5. The number of fused-ring (bicyclic) bond motifs is 6. The van der Waals surface area contributed by atoms with Gasteiger partial charge < -0.3 is 44.4 Å². The number of hydrogen-bond donors (Lipinski definition) is 4. The highest BCUT2D eigenvalue weighted by molar-refractivity contribution is 8.93. The van der Waals surface area contributed by atoms with Crippen molar-refractivity contribution in [3.8, 4) is 28.1 Å². The molecule has 0 radical (unpaired) electrons. The molecule has 0 spiro atoms. The highest BCUT2D eigenvalue weighted by atomic mass is 79.9. The van der Waals surface area contributed by atoms with E-state index in [1.165, 1.54) is 14.2 Å². The van der Waals surface area contributed by atoms with E-state index in [0.717, 1.165) is 66.8 Å². The van der Waals surface area contributed by atoms with Crippen molar-refractivity contribution in [1.29, 1.82) is 0 Å². The highest BCUT2D eigenvalue weighted by Gasteiger charge is 2.44. The number of alkyl carbamates (subject to hydrolysis) is 1. The number of benzene rings is 4. The van der Waals surface area contributed by atoms with Crippen molar-refractivity contribution in [2.75, 3.05) is 34.4 Å². The molecule has 16 nitrogen and oxygen atoms in total. The number of aromatic nitrogens is 4. The highest BCUT2D eigenvalue weighted by Crippen LogP contribution is 2.44. The first kappa shape index (κ1) is 48.9. The molecule has 67 heavy (non-hydrogen) atoms. The molecule has 3 aliphatic rings. The maximum absolute atomic E-state index is 14.3. The maximum atomic E-state index is 14.3. The number of ether oxygens (including phenoxy) is 3. The number of amides is 4. The minimum atomic E-state index is -1.14. The van der Waals surface area contributed by atoms with Crippen LogP contribution in [0.5, 0.6) is 5.75 Å². The van der Waals surface area contributed by atoms with Crippen molar-refractivity contribution in [3.05, 3.63) is 102 Å². The minimum Gasteiger partial charge on any atom is -0.488 e. The van der Waals surface area contributed by atoms with Gasteiger partial charge in [0.1, 0.15) is 36.1 Å². The molecule has 3 aliphatic heterocycles. The molecule has 2 fully saturated rings. The lowest BCUT2D eigenvalue weighted by molar-refractivity contribution is -0.140. The number of H-pyrrole nitrogens is 2. The minimum absolute atomic E-state index is 0. The zero-order valence-corrected chi connectivity index (χ0v) is 41.6. The van der Waals surface area contributed by atoms with Crippen LogP contribution in [0, 0.1) is 11.8 Å². The maximum Gasteiger partial charge on any atom is 0.407 e. The summed E-state index contributed by atoms with van der Waals surface area (Å²) in [6.07, 6.45) is 2.07. The summed E-state index contributed by atoms with van der Waals surface area (Å²) in [5.74, 6) is 1.44. The van der Waals surface area contributed by atoms with Crippen molar-refractivity contribution in [2.24, 2.45) is 11.8 Å². The average Bonchev–Trinajstić information content (AvgIpc) is 4.13. The molecule has 4 amide bonds. The van der Waals surface area contributed by atoms with Gasteiger partial charge in [-0.2, -0.15) is 0 Å². The standard InChI is InChI=1S/C49H54N8O8.2BrH/c1-26(2)43(55(4)49(61)62)47(59)57-27(3)12-17-38(57)45-51-36-16-14-30-20-35-33-15-13-31(19-32(33)25-65-40(35)21-34(30)42(36)53-45)37-22-50-44(52-37)39-18-28(24-63-5)23-56(39)46(58)41(54-48(60)64-6)29-10-8-7-9-11-29;;/h7-11,13-16,19-22,26-28,38-39,41,43H,12,17-18,23-25H2,1-6H3,(H,50,52)(H,51,53)(H,54,60)(H,61,62);2*1H/t27-,28-,38-,39-,41+,43-;;/m0../s1. The van der Waals surface area contributed by atoms with Gasteiger partial charge in [0.2, 0.25) is 5.91 Å². The first-order chi connectivity index (χ1) is 31.3. The molecule has 0 aliphatic carbocycles. The second-order valence-corrected chi connectivity index (χ2v) is 17.8. The summed E-state index contributed by atoms with van der Waals surface area (Å²) in [7, 11) is 4.38. The topological polar surface area (TPSA) is 195 Å². The molecule has 354 valence electrons. The fourth-order valence-corrected chi connectivity index (χ4v) is 10.1. The van der Waals surface area contributed by atoms with Crippen molar-refractivity contribution in [1.82, 2.24) is 40.0 Å². The predicted octanol–water partition coefficient (Wildman–Crippen LogP) is 9.14. The number of imidazole rings is 2. The molecule has 4 N–H and O–H groups in total. The van der Waals surface area contributed by atoms with Crippen LogP contribution < -0.4 is 10.1 Å². The smallest absolute Gasteiger partial charge is 0.407 e. The summed E-state index contributed by atoms with van der Waals surface area (Å²) in [6, 6.07) is 21.1. The summed E-state index contributed by atoms with van der Waals surface area (Å²) in [5, 5.41) is 14.4. The number of likely N-dealkylation sites (N-methyl/N-ethyl adjacent to an activating group) is 1. The Bertz CT molecular complexity index is 2800. The third kappa shape index (κ3) is 9.22. The molecule has 0 saturated carbocycles. The van der Waals surface area contributed by atoms with Gasteiger partial charge in [-0.1, -0.05) is 62.4 Å². The second kappa shape index (κ2) is 20.1. The first-order valence-corrected chi connectivity index (χ1v) is 22.1. The molecule has 9 rings (SSSR count). The van der Waals surface area contributed by atoms with E-state index in [9.17, 15) is 24.3 Å². The van der Waals surface area contributed by atoms with Gasteiger partial charge in [0.05, 0.1) is 48.7 Å². The Morgan fingerprint density at radius 2 is 1.72 bits per heavy atom. The number of rotatable bonds is 11. The third-order valence-electron chi connectivity index (χ3n) is 13.3. The summed E-state index contributed by atoms with van der Waals surface area (Å²) in [4.78, 5) is 74.4. The Labute approximate surface area is 409 Å². The van der Waals surface area contributed by atoms with Crippen LogP contribution in [0.2, 0.25) is 0 Å². The van der Waals surface area contributed by atoms with E-state index in [1.54, 1.807) is 18.2 Å². The number of carboxylic acid groups (broad SMARTS) is 1. The van der Waals surface area contributed by atoms with E-state index in [1.807, 2.05) is 68.1 Å². The average molecular weight is 1040 g/mol. The molecule has 0 unspecified atom stereocenters. The summed E-state index contributed by atoms with van der Waals surface area (Å²) in [6.45, 7) is 7.00. The fraction of sp³-hybridized carbons (Fsp3) is 0.388. The van der Waals surface area contributed by atoms with Gasteiger partial charge in [0.25, 0.3) is 5.91 Å². The molecule has 2 aromatic heterocycles. The van der Waals surface area contributed by atoms with Crippen LogP contribution in [-0.4, -0.2) is 110 Å². The number of nitrogens with one attached hydrogen (secondary N) is 3. The van der Waals surface area contributed by atoms with Crippen molar-refractivity contribution < 1.29 is 38.5 Å². The first-order valence-electron chi connectivity index (χ1n) is 22.1.